The van der Waals surface area contributed by atoms with Gasteiger partial charge < -0.3 is 15.8 Å². The maximum absolute atomic E-state index is 6.07. The SMILES string of the molecule is CC(C)c1cccc(NC(N)=NCC2CCCOC2C(C)C)c1. The lowest BCUT2D eigenvalue weighted by Gasteiger charge is -2.33. The lowest BCUT2D eigenvalue weighted by Crippen LogP contribution is -2.36. The van der Waals surface area contributed by atoms with Crippen LogP contribution in [0, 0.1) is 11.8 Å². The summed E-state index contributed by atoms with van der Waals surface area (Å²) >= 11 is 0. The minimum atomic E-state index is 0.296. The molecule has 128 valence electrons. The fourth-order valence-electron chi connectivity index (χ4n) is 3.18. The number of benzene rings is 1. The first-order valence-corrected chi connectivity index (χ1v) is 8.76. The quantitative estimate of drug-likeness (QED) is 0.638. The second kappa shape index (κ2) is 8.34. The molecule has 0 amide bonds. The first kappa shape index (κ1) is 17.8. The largest absolute Gasteiger partial charge is 0.378 e. The number of anilines is 1. The van der Waals surface area contributed by atoms with Crippen molar-refractivity contribution in [2.45, 2.75) is 52.6 Å². The molecule has 1 fully saturated rings. The van der Waals surface area contributed by atoms with Crippen LogP contribution >= 0.6 is 0 Å². The van der Waals surface area contributed by atoms with E-state index in [4.69, 9.17) is 10.5 Å². The van der Waals surface area contributed by atoms with Crippen molar-refractivity contribution in [1.29, 1.82) is 0 Å². The van der Waals surface area contributed by atoms with Crippen molar-refractivity contribution in [3.8, 4) is 0 Å². The average Bonchev–Trinajstić information content (AvgIpc) is 2.53. The van der Waals surface area contributed by atoms with Gasteiger partial charge in [0.15, 0.2) is 5.96 Å². The van der Waals surface area contributed by atoms with Crippen molar-refractivity contribution in [2.24, 2.45) is 22.6 Å². The number of ether oxygens (including phenoxy) is 1. The monoisotopic (exact) mass is 317 g/mol. The van der Waals surface area contributed by atoms with Gasteiger partial charge in [0.2, 0.25) is 0 Å². The van der Waals surface area contributed by atoms with E-state index in [1.165, 1.54) is 12.0 Å². The zero-order valence-electron chi connectivity index (χ0n) is 14.9. The summed E-state index contributed by atoms with van der Waals surface area (Å²) < 4.78 is 5.91. The highest BCUT2D eigenvalue weighted by Gasteiger charge is 2.28. The third-order valence-corrected chi connectivity index (χ3v) is 4.47. The first-order chi connectivity index (χ1) is 11.0. The molecule has 1 aromatic carbocycles. The van der Waals surface area contributed by atoms with Gasteiger partial charge in [-0.05, 0) is 42.4 Å². The van der Waals surface area contributed by atoms with Crippen LogP contribution in [0.5, 0.6) is 0 Å². The number of guanidine groups is 1. The van der Waals surface area contributed by atoms with E-state index in [1.807, 2.05) is 6.07 Å². The normalized spacial score (nSPS) is 22.6. The Balaban J connectivity index is 1.95. The van der Waals surface area contributed by atoms with Crippen molar-refractivity contribution in [1.82, 2.24) is 0 Å². The summed E-state index contributed by atoms with van der Waals surface area (Å²) in [5.74, 6) is 1.97. The van der Waals surface area contributed by atoms with E-state index in [0.29, 0.717) is 29.8 Å². The van der Waals surface area contributed by atoms with Crippen LogP contribution in [-0.2, 0) is 4.74 Å². The molecule has 1 heterocycles. The third-order valence-electron chi connectivity index (χ3n) is 4.47. The Morgan fingerprint density at radius 2 is 2.13 bits per heavy atom. The van der Waals surface area contributed by atoms with Gasteiger partial charge in [0, 0.05) is 24.8 Å². The van der Waals surface area contributed by atoms with Crippen molar-refractivity contribution < 1.29 is 4.74 Å². The molecule has 4 heteroatoms. The van der Waals surface area contributed by atoms with Gasteiger partial charge in [0.05, 0.1) is 6.10 Å². The second-order valence-electron chi connectivity index (χ2n) is 7.11. The van der Waals surface area contributed by atoms with E-state index in [9.17, 15) is 0 Å². The van der Waals surface area contributed by atoms with Crippen molar-refractivity contribution in [2.75, 3.05) is 18.5 Å². The maximum Gasteiger partial charge on any atom is 0.193 e. The van der Waals surface area contributed by atoms with E-state index in [-0.39, 0.29) is 0 Å². The summed E-state index contributed by atoms with van der Waals surface area (Å²) in [5, 5.41) is 3.21. The summed E-state index contributed by atoms with van der Waals surface area (Å²) in [5.41, 5.74) is 8.36. The Labute approximate surface area is 140 Å². The van der Waals surface area contributed by atoms with Crippen LogP contribution in [0.15, 0.2) is 29.3 Å². The van der Waals surface area contributed by atoms with Crippen LogP contribution in [0.3, 0.4) is 0 Å². The van der Waals surface area contributed by atoms with Gasteiger partial charge in [-0.3, -0.25) is 4.99 Å². The van der Waals surface area contributed by atoms with Crippen LogP contribution in [0.2, 0.25) is 0 Å². The average molecular weight is 317 g/mol. The number of hydrogen-bond donors (Lipinski definition) is 2. The van der Waals surface area contributed by atoms with E-state index < -0.39 is 0 Å². The third kappa shape index (κ3) is 5.24. The molecule has 1 aromatic rings. The Morgan fingerprint density at radius 3 is 2.83 bits per heavy atom. The molecule has 0 radical (unpaired) electrons. The Hall–Kier alpha value is -1.55. The maximum atomic E-state index is 6.07. The highest BCUT2D eigenvalue weighted by atomic mass is 16.5. The lowest BCUT2D eigenvalue weighted by atomic mass is 9.87. The molecule has 1 aliphatic heterocycles. The predicted molar refractivity (Wildman–Crippen MR) is 97.9 cm³/mol. The number of nitrogens with two attached hydrogens (primary N) is 1. The molecule has 0 spiro atoms. The minimum absolute atomic E-state index is 0.296. The summed E-state index contributed by atoms with van der Waals surface area (Å²) in [4.78, 5) is 4.55. The van der Waals surface area contributed by atoms with E-state index in [0.717, 1.165) is 25.3 Å². The summed E-state index contributed by atoms with van der Waals surface area (Å²) in [6.07, 6.45) is 2.58. The van der Waals surface area contributed by atoms with E-state index in [2.05, 4.69) is 56.2 Å². The molecule has 23 heavy (non-hydrogen) atoms. The number of nitrogens with zero attached hydrogens (tertiary/aromatic N) is 1. The Bertz CT molecular complexity index is 525. The zero-order valence-corrected chi connectivity index (χ0v) is 14.9. The van der Waals surface area contributed by atoms with Crippen molar-refractivity contribution in [3.05, 3.63) is 29.8 Å². The van der Waals surface area contributed by atoms with Crippen molar-refractivity contribution in [3.63, 3.8) is 0 Å². The molecular formula is C19H31N3O. The fraction of sp³-hybridized carbons (Fsp3) is 0.632. The van der Waals surface area contributed by atoms with Crippen molar-refractivity contribution >= 4 is 11.6 Å². The first-order valence-electron chi connectivity index (χ1n) is 8.76. The molecule has 0 bridgehead atoms. The number of hydrogen-bond acceptors (Lipinski definition) is 2. The molecule has 1 saturated heterocycles. The van der Waals surface area contributed by atoms with Gasteiger partial charge >= 0.3 is 0 Å². The lowest BCUT2D eigenvalue weighted by molar-refractivity contribution is -0.0491. The number of nitrogens with one attached hydrogen (secondary N) is 1. The number of aliphatic imine (C=N–C) groups is 1. The highest BCUT2D eigenvalue weighted by Crippen LogP contribution is 2.26. The van der Waals surface area contributed by atoms with Crippen LogP contribution in [0.1, 0.15) is 52.0 Å². The molecule has 4 nitrogen and oxygen atoms in total. The van der Waals surface area contributed by atoms with Crippen LogP contribution < -0.4 is 11.1 Å². The Kier molecular flexibility index (Phi) is 6.46. The summed E-state index contributed by atoms with van der Waals surface area (Å²) in [7, 11) is 0. The molecule has 3 N–H and O–H groups in total. The van der Waals surface area contributed by atoms with E-state index >= 15 is 0 Å². The van der Waals surface area contributed by atoms with E-state index in [1.54, 1.807) is 0 Å². The molecule has 0 aromatic heterocycles. The topological polar surface area (TPSA) is 59.6 Å². The van der Waals surface area contributed by atoms with Gasteiger partial charge in [-0.1, -0.05) is 39.8 Å². The highest BCUT2D eigenvalue weighted by molar-refractivity contribution is 5.92. The molecule has 1 aliphatic rings. The molecule has 0 saturated carbocycles. The molecule has 2 atom stereocenters. The summed E-state index contributed by atoms with van der Waals surface area (Å²) in [6, 6.07) is 8.34. The second-order valence-corrected chi connectivity index (χ2v) is 7.11. The van der Waals surface area contributed by atoms with Gasteiger partial charge in [-0.15, -0.1) is 0 Å². The molecular weight excluding hydrogens is 286 g/mol. The summed E-state index contributed by atoms with van der Waals surface area (Å²) in [6.45, 7) is 10.4. The predicted octanol–water partition coefficient (Wildman–Crippen LogP) is 3.99. The fourth-order valence-corrected chi connectivity index (χ4v) is 3.18. The minimum Gasteiger partial charge on any atom is -0.378 e. The van der Waals surface area contributed by atoms with Crippen LogP contribution in [0.4, 0.5) is 5.69 Å². The van der Waals surface area contributed by atoms with Gasteiger partial charge in [0.25, 0.3) is 0 Å². The molecule has 0 aliphatic carbocycles. The van der Waals surface area contributed by atoms with Crippen LogP contribution in [0.25, 0.3) is 0 Å². The van der Waals surface area contributed by atoms with Gasteiger partial charge in [0.1, 0.15) is 0 Å². The molecule has 2 rings (SSSR count). The standard InChI is InChI=1S/C19H31N3O/c1-13(2)15-7-5-9-17(11-15)22-19(20)21-12-16-8-6-10-23-18(16)14(3)4/h5,7,9,11,13-14,16,18H,6,8,10,12H2,1-4H3,(H3,20,21,22). The number of rotatable bonds is 5. The Morgan fingerprint density at radius 1 is 1.35 bits per heavy atom. The van der Waals surface area contributed by atoms with Crippen LogP contribution in [-0.4, -0.2) is 25.2 Å². The smallest absolute Gasteiger partial charge is 0.193 e. The van der Waals surface area contributed by atoms with Gasteiger partial charge in [-0.2, -0.15) is 0 Å². The van der Waals surface area contributed by atoms with Gasteiger partial charge in [-0.25, -0.2) is 0 Å². The zero-order chi connectivity index (χ0) is 16.8. The molecule has 2 unspecified atom stereocenters.